The van der Waals surface area contributed by atoms with Crippen molar-refractivity contribution < 1.29 is 14.6 Å². The van der Waals surface area contributed by atoms with E-state index in [-0.39, 0.29) is 17.9 Å². The lowest BCUT2D eigenvalue weighted by atomic mass is 10.0. The van der Waals surface area contributed by atoms with Gasteiger partial charge in [-0.15, -0.1) is 0 Å². The Morgan fingerprint density at radius 2 is 2.24 bits per heavy atom. The molecule has 116 valence electrons. The highest BCUT2D eigenvalue weighted by Gasteiger charge is 2.33. The molecular weight excluding hydrogens is 290 g/mol. The molecule has 1 saturated heterocycles. The number of ether oxygens (including phenoxy) is 1. The van der Waals surface area contributed by atoms with Crippen LogP contribution < -0.4 is 4.74 Å². The quantitative estimate of drug-likeness (QED) is 0.909. The molecule has 3 unspecified atom stereocenters. The molecule has 0 spiro atoms. The maximum atomic E-state index is 12.5. The summed E-state index contributed by atoms with van der Waals surface area (Å²) in [6.45, 7) is 4.97. The second-order valence-electron chi connectivity index (χ2n) is 5.52. The Labute approximate surface area is 130 Å². The monoisotopic (exact) mass is 311 g/mol. The predicted molar refractivity (Wildman–Crippen MR) is 82.5 cm³/mol. The normalized spacial score (nSPS) is 21.1. The molecule has 1 aliphatic rings. The summed E-state index contributed by atoms with van der Waals surface area (Å²) in [7, 11) is 0. The van der Waals surface area contributed by atoms with Crippen molar-refractivity contribution in [3.05, 3.63) is 29.3 Å². The highest BCUT2D eigenvalue weighted by atomic mass is 35.5. The summed E-state index contributed by atoms with van der Waals surface area (Å²) in [4.78, 5) is 14.3. The van der Waals surface area contributed by atoms with Crippen LogP contribution in [-0.2, 0) is 4.79 Å². The van der Waals surface area contributed by atoms with Gasteiger partial charge in [-0.1, -0.05) is 30.7 Å². The number of hydrogen-bond acceptors (Lipinski definition) is 3. The number of carbonyl (C=O) groups excluding carboxylic acids is 1. The SMILES string of the molecule is CCC(Oc1ccccc1Cl)C(=O)N1CCC(C(C)O)C1. The van der Waals surface area contributed by atoms with Crippen molar-refractivity contribution in [2.45, 2.75) is 38.9 Å². The molecule has 1 aromatic carbocycles. The Balaban J connectivity index is 2.01. The molecule has 1 heterocycles. The number of aliphatic hydroxyl groups is 1. The molecule has 0 bridgehead atoms. The summed E-state index contributed by atoms with van der Waals surface area (Å²) in [5, 5.41) is 10.1. The number of nitrogens with zero attached hydrogens (tertiary/aromatic N) is 1. The first-order chi connectivity index (χ1) is 10.0. The molecule has 0 saturated carbocycles. The topological polar surface area (TPSA) is 49.8 Å². The van der Waals surface area contributed by atoms with Crippen LogP contribution in [0.15, 0.2) is 24.3 Å². The lowest BCUT2D eigenvalue weighted by Gasteiger charge is -2.24. The third kappa shape index (κ3) is 3.89. The Kier molecular flexibility index (Phi) is 5.48. The Hall–Kier alpha value is -1.26. The number of carbonyl (C=O) groups is 1. The van der Waals surface area contributed by atoms with Crippen LogP contribution in [0.2, 0.25) is 5.02 Å². The van der Waals surface area contributed by atoms with Crippen molar-refractivity contribution in [2.75, 3.05) is 13.1 Å². The number of benzene rings is 1. The van der Waals surface area contributed by atoms with Crippen LogP contribution in [0.1, 0.15) is 26.7 Å². The number of amides is 1. The van der Waals surface area contributed by atoms with Gasteiger partial charge in [0.15, 0.2) is 6.10 Å². The number of likely N-dealkylation sites (tertiary alicyclic amines) is 1. The maximum Gasteiger partial charge on any atom is 0.263 e. The first kappa shape index (κ1) is 16.1. The van der Waals surface area contributed by atoms with Gasteiger partial charge in [0, 0.05) is 19.0 Å². The van der Waals surface area contributed by atoms with E-state index in [0.717, 1.165) is 6.42 Å². The van der Waals surface area contributed by atoms with Crippen molar-refractivity contribution in [3.63, 3.8) is 0 Å². The minimum absolute atomic E-state index is 0.0273. The fourth-order valence-corrected chi connectivity index (χ4v) is 2.77. The minimum atomic E-state index is -0.530. The highest BCUT2D eigenvalue weighted by Crippen LogP contribution is 2.26. The van der Waals surface area contributed by atoms with Gasteiger partial charge in [0.1, 0.15) is 5.75 Å². The molecule has 1 N–H and O–H groups in total. The smallest absolute Gasteiger partial charge is 0.263 e. The fraction of sp³-hybridized carbons (Fsp3) is 0.562. The third-order valence-electron chi connectivity index (χ3n) is 3.97. The minimum Gasteiger partial charge on any atom is -0.479 e. The molecule has 4 nitrogen and oxygen atoms in total. The summed E-state index contributed by atoms with van der Waals surface area (Å²) in [5.41, 5.74) is 0. The Morgan fingerprint density at radius 1 is 1.52 bits per heavy atom. The molecule has 0 aromatic heterocycles. The standard InChI is InChI=1S/C16H22ClNO3/c1-3-14(21-15-7-5-4-6-13(15)17)16(20)18-9-8-12(10-18)11(2)19/h4-7,11-12,14,19H,3,8-10H2,1-2H3. The zero-order chi connectivity index (χ0) is 15.4. The lowest BCUT2D eigenvalue weighted by Crippen LogP contribution is -2.41. The maximum absolute atomic E-state index is 12.5. The lowest BCUT2D eigenvalue weighted by molar-refractivity contribution is -0.138. The van der Waals surface area contributed by atoms with Gasteiger partial charge in [0.05, 0.1) is 11.1 Å². The molecule has 0 radical (unpaired) electrons. The van der Waals surface area contributed by atoms with E-state index < -0.39 is 6.10 Å². The number of rotatable bonds is 5. The Morgan fingerprint density at radius 3 is 2.81 bits per heavy atom. The van der Waals surface area contributed by atoms with Gasteiger partial charge in [0.2, 0.25) is 0 Å². The molecule has 1 aromatic rings. The van der Waals surface area contributed by atoms with Crippen molar-refractivity contribution in [1.82, 2.24) is 4.90 Å². The Bertz CT molecular complexity index is 492. The van der Waals surface area contributed by atoms with Crippen molar-refractivity contribution in [3.8, 4) is 5.75 Å². The van der Waals surface area contributed by atoms with Gasteiger partial charge in [-0.05, 0) is 31.9 Å². The van der Waals surface area contributed by atoms with Gasteiger partial charge >= 0.3 is 0 Å². The molecular formula is C16H22ClNO3. The third-order valence-corrected chi connectivity index (χ3v) is 4.28. The van der Waals surface area contributed by atoms with E-state index in [1.54, 1.807) is 24.0 Å². The van der Waals surface area contributed by atoms with Crippen LogP contribution >= 0.6 is 11.6 Å². The summed E-state index contributed by atoms with van der Waals surface area (Å²) in [6.07, 6.45) is 0.510. The van der Waals surface area contributed by atoms with E-state index in [2.05, 4.69) is 0 Å². The van der Waals surface area contributed by atoms with Crippen LogP contribution in [0.3, 0.4) is 0 Å². The number of hydrogen-bond donors (Lipinski definition) is 1. The molecule has 2 rings (SSSR count). The van der Waals surface area contributed by atoms with Crippen molar-refractivity contribution >= 4 is 17.5 Å². The number of para-hydroxylation sites is 1. The first-order valence-corrected chi connectivity index (χ1v) is 7.78. The van der Waals surface area contributed by atoms with Crippen molar-refractivity contribution in [2.24, 2.45) is 5.92 Å². The van der Waals surface area contributed by atoms with E-state index in [1.807, 2.05) is 19.1 Å². The fourth-order valence-electron chi connectivity index (χ4n) is 2.59. The van der Waals surface area contributed by atoms with Crippen LogP contribution in [-0.4, -0.2) is 41.2 Å². The highest BCUT2D eigenvalue weighted by molar-refractivity contribution is 6.32. The van der Waals surface area contributed by atoms with E-state index in [9.17, 15) is 9.90 Å². The molecule has 5 heteroatoms. The van der Waals surface area contributed by atoms with E-state index in [4.69, 9.17) is 16.3 Å². The molecule has 1 aliphatic heterocycles. The molecule has 1 fully saturated rings. The van der Waals surface area contributed by atoms with Gasteiger partial charge in [0.25, 0.3) is 5.91 Å². The number of halogens is 1. The molecule has 0 aliphatic carbocycles. The summed E-state index contributed by atoms with van der Waals surface area (Å²) >= 11 is 6.07. The van der Waals surface area contributed by atoms with Crippen LogP contribution in [0, 0.1) is 5.92 Å². The van der Waals surface area contributed by atoms with E-state index >= 15 is 0 Å². The van der Waals surface area contributed by atoms with Crippen LogP contribution in [0.5, 0.6) is 5.75 Å². The molecule has 21 heavy (non-hydrogen) atoms. The second-order valence-corrected chi connectivity index (χ2v) is 5.93. The number of aliphatic hydroxyl groups excluding tert-OH is 1. The van der Waals surface area contributed by atoms with Crippen molar-refractivity contribution in [1.29, 1.82) is 0 Å². The van der Waals surface area contributed by atoms with Gasteiger partial charge in [-0.25, -0.2) is 0 Å². The van der Waals surface area contributed by atoms with E-state index in [0.29, 0.717) is 30.3 Å². The predicted octanol–water partition coefficient (Wildman–Crippen LogP) is 2.73. The van der Waals surface area contributed by atoms with Gasteiger partial charge < -0.3 is 14.7 Å². The second kappa shape index (κ2) is 7.14. The molecule has 3 atom stereocenters. The summed E-state index contributed by atoms with van der Waals surface area (Å²) in [6, 6.07) is 7.16. The van der Waals surface area contributed by atoms with E-state index in [1.165, 1.54) is 0 Å². The summed E-state index contributed by atoms with van der Waals surface area (Å²) < 4.78 is 5.78. The van der Waals surface area contributed by atoms with Gasteiger partial charge in [-0.2, -0.15) is 0 Å². The largest absolute Gasteiger partial charge is 0.479 e. The van der Waals surface area contributed by atoms with Crippen LogP contribution in [0.25, 0.3) is 0 Å². The zero-order valence-corrected chi connectivity index (χ0v) is 13.2. The summed E-state index contributed by atoms with van der Waals surface area (Å²) in [5.74, 6) is 0.665. The average Bonchev–Trinajstić information content (AvgIpc) is 2.96. The van der Waals surface area contributed by atoms with Crippen LogP contribution in [0.4, 0.5) is 0 Å². The zero-order valence-electron chi connectivity index (χ0n) is 12.5. The molecule has 1 amide bonds. The average molecular weight is 312 g/mol. The first-order valence-electron chi connectivity index (χ1n) is 7.41. The van der Waals surface area contributed by atoms with Gasteiger partial charge in [-0.3, -0.25) is 4.79 Å².